The number of nitrogens with two attached hydrogens (primary N) is 1. The lowest BCUT2D eigenvalue weighted by atomic mass is 9.80. The summed E-state index contributed by atoms with van der Waals surface area (Å²) in [6, 6.07) is 9.78. The molecule has 3 rings (SSSR count). The normalized spacial score (nSPS) is 20.5. The summed E-state index contributed by atoms with van der Waals surface area (Å²) < 4.78 is 26.6. The number of nitrogens with one attached hydrogen (secondary N) is 1. The molecule has 5 heteroatoms. The molecule has 1 aliphatic rings. The second-order valence-electron chi connectivity index (χ2n) is 5.79. The van der Waals surface area contributed by atoms with Crippen molar-refractivity contribution < 1.29 is 8.78 Å². The lowest BCUT2D eigenvalue weighted by Gasteiger charge is -2.33. The van der Waals surface area contributed by atoms with Crippen molar-refractivity contribution in [2.45, 2.75) is 37.6 Å². The summed E-state index contributed by atoms with van der Waals surface area (Å²) in [5, 5.41) is 1.06. The third kappa shape index (κ3) is 3.04. The highest BCUT2D eigenvalue weighted by Crippen LogP contribution is 2.41. The van der Waals surface area contributed by atoms with Crippen LogP contribution in [0.4, 0.5) is 8.78 Å². The van der Waals surface area contributed by atoms with Crippen molar-refractivity contribution >= 4 is 10.9 Å². The van der Waals surface area contributed by atoms with Crippen molar-refractivity contribution in [3.05, 3.63) is 42.1 Å². The maximum Gasteiger partial charge on any atom is 0.248 e. The Morgan fingerprint density at radius 2 is 2.00 bits per heavy atom. The molecular formula is C16H19F2N3. The van der Waals surface area contributed by atoms with E-state index >= 15 is 0 Å². The largest absolute Gasteiger partial charge is 0.271 e. The second kappa shape index (κ2) is 5.66. The molecule has 2 aromatic rings. The number of rotatable bonds is 3. The second-order valence-corrected chi connectivity index (χ2v) is 5.79. The molecule has 0 amide bonds. The summed E-state index contributed by atoms with van der Waals surface area (Å²) >= 11 is 0. The van der Waals surface area contributed by atoms with Gasteiger partial charge in [0.15, 0.2) is 0 Å². The summed E-state index contributed by atoms with van der Waals surface area (Å²) in [6.45, 7) is 0. The fourth-order valence-electron chi connectivity index (χ4n) is 3.18. The highest BCUT2D eigenvalue weighted by molar-refractivity contribution is 5.79. The van der Waals surface area contributed by atoms with Gasteiger partial charge in [-0.2, -0.15) is 0 Å². The quantitative estimate of drug-likeness (QED) is 0.671. The predicted octanol–water partition coefficient (Wildman–Crippen LogP) is 3.56. The molecule has 0 aliphatic heterocycles. The van der Waals surface area contributed by atoms with E-state index < -0.39 is 5.92 Å². The molecule has 1 saturated carbocycles. The number of hydrazine groups is 1. The van der Waals surface area contributed by atoms with E-state index in [2.05, 4.69) is 10.4 Å². The topological polar surface area (TPSA) is 50.9 Å². The average molecular weight is 291 g/mol. The zero-order valence-electron chi connectivity index (χ0n) is 11.7. The van der Waals surface area contributed by atoms with Crippen LogP contribution in [0.5, 0.6) is 0 Å². The molecule has 21 heavy (non-hydrogen) atoms. The Bertz CT molecular complexity index is 620. The third-order valence-electron chi connectivity index (χ3n) is 4.40. The molecule has 1 unspecified atom stereocenters. The Morgan fingerprint density at radius 1 is 1.24 bits per heavy atom. The molecule has 1 aromatic heterocycles. The van der Waals surface area contributed by atoms with Gasteiger partial charge in [0.2, 0.25) is 5.92 Å². The molecule has 1 aliphatic carbocycles. The van der Waals surface area contributed by atoms with Crippen LogP contribution in [0.25, 0.3) is 10.9 Å². The molecule has 1 fully saturated rings. The van der Waals surface area contributed by atoms with Gasteiger partial charge in [0.25, 0.3) is 0 Å². The van der Waals surface area contributed by atoms with Crippen molar-refractivity contribution in [3.63, 3.8) is 0 Å². The first kappa shape index (κ1) is 14.4. The number of aromatic nitrogens is 1. The van der Waals surface area contributed by atoms with Crippen LogP contribution in [-0.2, 0) is 0 Å². The van der Waals surface area contributed by atoms with Crippen LogP contribution >= 0.6 is 0 Å². The zero-order valence-corrected chi connectivity index (χ0v) is 11.7. The van der Waals surface area contributed by atoms with Gasteiger partial charge in [-0.3, -0.25) is 16.3 Å². The number of halogens is 2. The SMILES string of the molecule is NNC(c1ccc2cccnc2c1)C1CCC(F)(F)CC1. The third-order valence-corrected chi connectivity index (χ3v) is 4.40. The van der Waals surface area contributed by atoms with Crippen molar-refractivity contribution in [1.82, 2.24) is 10.4 Å². The zero-order chi connectivity index (χ0) is 14.9. The van der Waals surface area contributed by atoms with Crippen LogP contribution in [0.1, 0.15) is 37.3 Å². The van der Waals surface area contributed by atoms with Crippen LogP contribution in [0.2, 0.25) is 0 Å². The van der Waals surface area contributed by atoms with Crippen molar-refractivity contribution in [3.8, 4) is 0 Å². The van der Waals surface area contributed by atoms with E-state index in [1.807, 2.05) is 30.3 Å². The smallest absolute Gasteiger partial charge is 0.248 e. The van der Waals surface area contributed by atoms with E-state index in [0.29, 0.717) is 12.8 Å². The summed E-state index contributed by atoms with van der Waals surface area (Å²) in [4.78, 5) is 4.34. The molecule has 0 saturated heterocycles. The minimum absolute atomic E-state index is 0.0539. The average Bonchev–Trinajstić information content (AvgIpc) is 2.49. The minimum Gasteiger partial charge on any atom is -0.271 e. The van der Waals surface area contributed by atoms with Crippen molar-refractivity contribution in [2.75, 3.05) is 0 Å². The number of benzene rings is 1. The molecular weight excluding hydrogens is 272 g/mol. The highest BCUT2D eigenvalue weighted by Gasteiger charge is 2.37. The number of fused-ring (bicyclic) bond motifs is 1. The Balaban J connectivity index is 1.84. The maximum atomic E-state index is 13.3. The fraction of sp³-hybridized carbons (Fsp3) is 0.438. The van der Waals surface area contributed by atoms with Crippen LogP contribution in [0.15, 0.2) is 36.5 Å². The standard InChI is InChI=1S/C16H19F2N3/c17-16(18)7-5-12(6-8-16)15(21-19)13-4-3-11-2-1-9-20-14(11)10-13/h1-4,9-10,12,15,21H,5-8,19H2. The molecule has 0 bridgehead atoms. The van der Waals surface area contributed by atoms with Gasteiger partial charge >= 0.3 is 0 Å². The summed E-state index contributed by atoms with van der Waals surface area (Å²) in [6.07, 6.45) is 2.62. The van der Waals surface area contributed by atoms with E-state index in [0.717, 1.165) is 16.5 Å². The molecule has 3 N–H and O–H groups in total. The first-order chi connectivity index (χ1) is 10.1. The Hall–Kier alpha value is -1.59. The Morgan fingerprint density at radius 3 is 2.71 bits per heavy atom. The van der Waals surface area contributed by atoms with Gasteiger partial charge in [0, 0.05) is 30.5 Å². The Kier molecular flexibility index (Phi) is 3.87. The lowest BCUT2D eigenvalue weighted by molar-refractivity contribution is -0.0497. The molecule has 0 radical (unpaired) electrons. The molecule has 1 atom stereocenters. The van der Waals surface area contributed by atoms with E-state index in [9.17, 15) is 8.78 Å². The summed E-state index contributed by atoms with van der Waals surface area (Å²) in [5.41, 5.74) is 4.72. The predicted molar refractivity (Wildman–Crippen MR) is 78.7 cm³/mol. The van der Waals surface area contributed by atoms with Gasteiger partial charge < -0.3 is 0 Å². The molecule has 1 heterocycles. The summed E-state index contributed by atoms with van der Waals surface area (Å²) in [7, 11) is 0. The first-order valence-electron chi connectivity index (χ1n) is 7.28. The van der Waals surface area contributed by atoms with Crippen LogP contribution < -0.4 is 11.3 Å². The number of alkyl halides is 2. The van der Waals surface area contributed by atoms with Crippen molar-refractivity contribution in [1.29, 1.82) is 0 Å². The van der Waals surface area contributed by atoms with Gasteiger partial charge in [-0.05, 0) is 36.5 Å². The highest BCUT2D eigenvalue weighted by atomic mass is 19.3. The molecule has 1 aromatic carbocycles. The van der Waals surface area contributed by atoms with E-state index in [4.69, 9.17) is 5.84 Å². The van der Waals surface area contributed by atoms with E-state index in [1.165, 1.54) is 0 Å². The van der Waals surface area contributed by atoms with Gasteiger partial charge in [-0.15, -0.1) is 0 Å². The van der Waals surface area contributed by atoms with E-state index in [-0.39, 0.29) is 24.8 Å². The minimum atomic E-state index is -2.51. The van der Waals surface area contributed by atoms with Gasteiger partial charge in [0.05, 0.1) is 5.52 Å². The first-order valence-corrected chi connectivity index (χ1v) is 7.28. The lowest BCUT2D eigenvalue weighted by Crippen LogP contribution is -2.37. The van der Waals surface area contributed by atoms with Crippen LogP contribution in [0.3, 0.4) is 0 Å². The molecule has 112 valence electrons. The van der Waals surface area contributed by atoms with Gasteiger partial charge in [-0.1, -0.05) is 18.2 Å². The fourth-order valence-corrected chi connectivity index (χ4v) is 3.18. The monoisotopic (exact) mass is 291 g/mol. The van der Waals surface area contributed by atoms with Crippen LogP contribution in [0, 0.1) is 5.92 Å². The maximum absolute atomic E-state index is 13.3. The summed E-state index contributed by atoms with van der Waals surface area (Å²) in [5.74, 6) is 3.31. The Labute approximate surface area is 122 Å². The van der Waals surface area contributed by atoms with E-state index in [1.54, 1.807) is 6.20 Å². The van der Waals surface area contributed by atoms with Gasteiger partial charge in [0.1, 0.15) is 0 Å². The molecule has 0 spiro atoms. The van der Waals surface area contributed by atoms with Crippen LogP contribution in [-0.4, -0.2) is 10.9 Å². The number of hydrogen-bond donors (Lipinski definition) is 2. The number of hydrogen-bond acceptors (Lipinski definition) is 3. The number of nitrogens with zero attached hydrogens (tertiary/aromatic N) is 1. The molecule has 3 nitrogen and oxygen atoms in total. The number of pyridine rings is 1. The van der Waals surface area contributed by atoms with Crippen molar-refractivity contribution in [2.24, 2.45) is 11.8 Å². The van der Waals surface area contributed by atoms with Gasteiger partial charge in [-0.25, -0.2) is 8.78 Å².